The van der Waals surface area contributed by atoms with Crippen molar-refractivity contribution in [1.82, 2.24) is 0 Å². The number of hydrogen-bond acceptors (Lipinski definition) is 12. The monoisotopic (exact) mass is 909 g/mol. The van der Waals surface area contributed by atoms with Gasteiger partial charge in [0, 0.05) is 44.2 Å². The molecule has 0 saturated heterocycles. The molecule has 4 unspecified atom stereocenters. The number of unbranched alkanes of at least 4 members (excludes halogenated alkanes) is 18. The van der Waals surface area contributed by atoms with E-state index in [9.17, 15) is 49.8 Å². The lowest BCUT2D eigenvalue weighted by atomic mass is 9.82. The maximum Gasteiger partial charge on any atom is 0.302 e. The lowest BCUT2D eigenvalue weighted by molar-refractivity contribution is -0.145. The van der Waals surface area contributed by atoms with E-state index in [1.54, 1.807) is 13.0 Å². The third-order valence-corrected chi connectivity index (χ3v) is 11.1. The van der Waals surface area contributed by atoms with E-state index >= 15 is 0 Å². The number of carbonyl (C=O) groups is 4. The highest BCUT2D eigenvalue weighted by Gasteiger charge is 2.34. The molecule has 0 bridgehead atoms. The Morgan fingerprint density at radius 3 is 1.49 bits per heavy atom. The Hall–Kier alpha value is -4.54. The standard InChI is InChI=1S/C19H36O4.C19H34O4.C15H10O4/c2*1-3-4-5-6-7-8-9-10-11-12-13-14-18(21)15-19(22)16-23-17(2)20;1-7-5-9-13(11(17)6-7)15(19)12-8(14(9)18)3-2-4-10(12)16/h3,18-19,21-22H,1,4-16H2,2H3;1,18-19,21-22H,4-16H2,2H3;2-6,16-17H,1H3. The number of ketones is 2. The van der Waals surface area contributed by atoms with Gasteiger partial charge in [-0.1, -0.05) is 121 Å². The molecule has 0 aromatic heterocycles. The fourth-order valence-electron chi connectivity index (χ4n) is 7.60. The summed E-state index contributed by atoms with van der Waals surface area (Å²) in [5, 5.41) is 58.5. The Bertz CT molecular complexity index is 1730. The molecule has 0 amide bonds. The molecule has 12 nitrogen and oxygen atoms in total. The van der Waals surface area contributed by atoms with Gasteiger partial charge in [-0.3, -0.25) is 19.2 Å². The number of rotatable bonds is 31. The van der Waals surface area contributed by atoms with Gasteiger partial charge in [0.25, 0.3) is 0 Å². The zero-order valence-electron chi connectivity index (χ0n) is 39.6. The molecule has 65 heavy (non-hydrogen) atoms. The van der Waals surface area contributed by atoms with Crippen LogP contribution in [0.1, 0.15) is 205 Å². The first-order valence-corrected chi connectivity index (χ1v) is 23.9. The van der Waals surface area contributed by atoms with Gasteiger partial charge in [0.1, 0.15) is 24.7 Å². The molecule has 4 atom stereocenters. The normalized spacial score (nSPS) is 13.3. The minimum atomic E-state index is -0.775. The summed E-state index contributed by atoms with van der Waals surface area (Å²) in [6.45, 7) is 8.01. The molecule has 0 fully saturated rings. The van der Waals surface area contributed by atoms with Crippen molar-refractivity contribution in [1.29, 1.82) is 0 Å². The summed E-state index contributed by atoms with van der Waals surface area (Å²) < 4.78 is 9.42. The van der Waals surface area contributed by atoms with Crippen LogP contribution in [0.3, 0.4) is 0 Å². The fraction of sp³-hybridized carbons (Fsp3) is 0.623. The van der Waals surface area contributed by atoms with E-state index in [1.165, 1.54) is 122 Å². The molecule has 0 heterocycles. The maximum atomic E-state index is 12.3. The molecular weight excluding hydrogens is 829 g/mol. The molecule has 1 aliphatic rings. The Morgan fingerprint density at radius 2 is 1.05 bits per heavy atom. The molecule has 364 valence electrons. The number of phenols is 2. The molecule has 0 radical (unpaired) electrons. The van der Waals surface area contributed by atoms with Crippen molar-refractivity contribution in [3.05, 3.63) is 70.8 Å². The average molecular weight is 909 g/mol. The predicted molar refractivity (Wildman–Crippen MR) is 255 cm³/mol. The zero-order chi connectivity index (χ0) is 48.4. The van der Waals surface area contributed by atoms with E-state index in [4.69, 9.17) is 15.9 Å². The highest BCUT2D eigenvalue weighted by Crippen LogP contribution is 2.37. The van der Waals surface area contributed by atoms with Crippen LogP contribution in [0.4, 0.5) is 0 Å². The summed E-state index contributed by atoms with van der Waals surface area (Å²) in [5.74, 6) is 0.484. The molecule has 6 N–H and O–H groups in total. The summed E-state index contributed by atoms with van der Waals surface area (Å²) in [6.07, 6.45) is 30.5. The summed E-state index contributed by atoms with van der Waals surface area (Å²) in [7, 11) is 0. The number of aryl methyl sites for hydroxylation is 1. The number of aliphatic hydroxyl groups excluding tert-OH is 4. The van der Waals surface area contributed by atoms with Crippen molar-refractivity contribution in [2.45, 2.75) is 199 Å². The molecule has 0 spiro atoms. The minimum Gasteiger partial charge on any atom is -0.507 e. The van der Waals surface area contributed by atoms with Gasteiger partial charge in [-0.2, -0.15) is 0 Å². The summed E-state index contributed by atoms with van der Waals surface area (Å²) in [5.41, 5.74) is 0.966. The number of aliphatic hydroxyl groups is 4. The van der Waals surface area contributed by atoms with E-state index in [0.29, 0.717) is 18.4 Å². The highest BCUT2D eigenvalue weighted by molar-refractivity contribution is 6.30. The Balaban J connectivity index is 0.000000489. The van der Waals surface area contributed by atoms with Crippen LogP contribution in [0.5, 0.6) is 11.5 Å². The van der Waals surface area contributed by atoms with E-state index < -0.39 is 42.1 Å². The SMILES string of the molecule is C#CCCCCCCCCCCCC(O)CC(O)COC(C)=O.C=CCCCCCCCCCCCC(O)CC(O)COC(C)=O.Cc1cc(O)c2c(c1)C(=O)c1cccc(O)c1C2=O. The van der Waals surface area contributed by atoms with E-state index in [-0.39, 0.29) is 65.6 Å². The smallest absolute Gasteiger partial charge is 0.302 e. The first-order chi connectivity index (χ1) is 31.1. The van der Waals surface area contributed by atoms with Crippen molar-refractivity contribution in [3.63, 3.8) is 0 Å². The number of carbonyl (C=O) groups excluding carboxylic acids is 4. The van der Waals surface area contributed by atoms with E-state index in [0.717, 1.165) is 44.9 Å². The number of terminal acetylenes is 1. The third kappa shape index (κ3) is 26.9. The fourth-order valence-corrected chi connectivity index (χ4v) is 7.60. The molecule has 1 aliphatic carbocycles. The number of ether oxygens (including phenoxy) is 2. The Morgan fingerprint density at radius 1 is 0.615 bits per heavy atom. The first-order valence-electron chi connectivity index (χ1n) is 23.9. The highest BCUT2D eigenvalue weighted by atomic mass is 16.5. The van der Waals surface area contributed by atoms with Crippen molar-refractivity contribution in [2.75, 3.05) is 13.2 Å². The van der Waals surface area contributed by atoms with Crippen molar-refractivity contribution in [3.8, 4) is 23.8 Å². The molecule has 0 aliphatic heterocycles. The zero-order valence-corrected chi connectivity index (χ0v) is 39.6. The third-order valence-electron chi connectivity index (χ3n) is 11.1. The lowest BCUT2D eigenvalue weighted by Gasteiger charge is -2.19. The van der Waals surface area contributed by atoms with Crippen LogP contribution in [0.2, 0.25) is 0 Å². The quantitative estimate of drug-likeness (QED) is 0.0154. The van der Waals surface area contributed by atoms with Crippen LogP contribution >= 0.6 is 0 Å². The number of allylic oxidation sites excluding steroid dienone is 1. The van der Waals surface area contributed by atoms with Gasteiger partial charge in [-0.15, -0.1) is 18.9 Å². The largest absolute Gasteiger partial charge is 0.507 e. The van der Waals surface area contributed by atoms with Gasteiger partial charge in [0.05, 0.1) is 35.5 Å². The van der Waals surface area contributed by atoms with Crippen molar-refractivity contribution >= 4 is 23.5 Å². The van der Waals surface area contributed by atoms with Gasteiger partial charge in [0.15, 0.2) is 5.78 Å². The number of fused-ring (bicyclic) bond motifs is 2. The average Bonchev–Trinajstić information content (AvgIpc) is 3.25. The number of benzene rings is 2. The van der Waals surface area contributed by atoms with Crippen molar-refractivity contribution in [2.24, 2.45) is 0 Å². The summed E-state index contributed by atoms with van der Waals surface area (Å²) in [4.78, 5) is 45.9. The van der Waals surface area contributed by atoms with Crippen LogP contribution < -0.4 is 0 Å². The van der Waals surface area contributed by atoms with Gasteiger partial charge in [0.2, 0.25) is 5.78 Å². The van der Waals surface area contributed by atoms with Crippen LogP contribution in [0.15, 0.2) is 43.0 Å². The van der Waals surface area contributed by atoms with Crippen LogP contribution in [-0.2, 0) is 19.1 Å². The number of aromatic hydroxyl groups is 2. The molecular formula is C53H80O12. The second kappa shape index (κ2) is 35.7. The van der Waals surface area contributed by atoms with Crippen LogP contribution in [-0.4, -0.2) is 91.8 Å². The number of esters is 2. The van der Waals surface area contributed by atoms with E-state index in [2.05, 4.69) is 12.5 Å². The second-order valence-corrected chi connectivity index (χ2v) is 17.2. The number of phenolic OH excluding ortho intramolecular Hbond substituents is 2. The van der Waals surface area contributed by atoms with Crippen LogP contribution in [0, 0.1) is 19.3 Å². The molecule has 3 rings (SSSR count). The first kappa shape index (κ1) is 58.5. The Kier molecular flexibility index (Phi) is 32.1. The Labute approximate surface area is 388 Å². The lowest BCUT2D eigenvalue weighted by Crippen LogP contribution is -2.23. The van der Waals surface area contributed by atoms with Gasteiger partial charge in [-0.05, 0) is 62.8 Å². The minimum absolute atomic E-state index is 0.0286. The topological polar surface area (TPSA) is 208 Å². The van der Waals surface area contributed by atoms with Gasteiger partial charge in [-0.25, -0.2) is 0 Å². The van der Waals surface area contributed by atoms with Crippen molar-refractivity contribution < 1.29 is 59.3 Å². The van der Waals surface area contributed by atoms with E-state index in [1.807, 2.05) is 6.08 Å². The second-order valence-electron chi connectivity index (χ2n) is 17.2. The summed E-state index contributed by atoms with van der Waals surface area (Å²) in [6, 6.07) is 7.36. The van der Waals surface area contributed by atoms with Gasteiger partial charge < -0.3 is 40.1 Å². The van der Waals surface area contributed by atoms with Gasteiger partial charge >= 0.3 is 11.9 Å². The molecule has 0 saturated carbocycles. The summed E-state index contributed by atoms with van der Waals surface area (Å²) >= 11 is 0. The molecule has 2 aromatic rings. The van der Waals surface area contributed by atoms with Crippen LogP contribution in [0.25, 0.3) is 0 Å². The molecule has 12 heteroatoms. The predicted octanol–water partition coefficient (Wildman–Crippen LogP) is 9.91. The number of hydrogen-bond donors (Lipinski definition) is 6. The maximum absolute atomic E-state index is 12.3. The molecule has 2 aromatic carbocycles.